The van der Waals surface area contributed by atoms with Gasteiger partial charge in [-0.2, -0.15) is 13.2 Å². The van der Waals surface area contributed by atoms with Gasteiger partial charge >= 0.3 is 5.51 Å². The van der Waals surface area contributed by atoms with Crippen molar-refractivity contribution in [2.24, 2.45) is 0 Å². The quantitative estimate of drug-likeness (QED) is 0.689. The Morgan fingerprint density at radius 2 is 1.80 bits per heavy atom. The highest BCUT2D eigenvalue weighted by Crippen LogP contribution is 2.38. The maximum Gasteiger partial charge on any atom is 0.447 e. The maximum atomic E-state index is 12.2. The van der Waals surface area contributed by atoms with Crippen molar-refractivity contribution in [3.63, 3.8) is 0 Å². The minimum absolute atomic E-state index is 0.000556. The first-order valence-corrected chi connectivity index (χ1v) is 4.97. The molecule has 2 rings (SSSR count). The number of alkyl halides is 3. The molecule has 78 valence electrons. The second-order valence-electron chi connectivity index (χ2n) is 2.89. The van der Waals surface area contributed by atoms with E-state index in [-0.39, 0.29) is 16.8 Å². The smallest absolute Gasteiger partial charge is 0.249 e. The van der Waals surface area contributed by atoms with Gasteiger partial charge in [-0.1, -0.05) is 24.3 Å². The Kier molecular flexibility index (Phi) is 2.56. The van der Waals surface area contributed by atoms with Gasteiger partial charge in [-0.15, -0.1) is 0 Å². The van der Waals surface area contributed by atoms with E-state index in [1.54, 1.807) is 30.3 Å². The Hall–Kier alpha value is -1.23. The van der Waals surface area contributed by atoms with Crippen molar-refractivity contribution in [1.82, 2.24) is 4.98 Å². The Labute approximate surface area is 88.3 Å². The van der Waals surface area contributed by atoms with Crippen LogP contribution in [0.1, 0.15) is 0 Å². The summed E-state index contributed by atoms with van der Waals surface area (Å²) in [5.74, 6) is 0. The highest BCUT2D eigenvalue weighted by atomic mass is 32.2. The normalized spacial score (nSPS) is 11.9. The first kappa shape index (κ1) is 10.3. The monoisotopic (exact) mass is 229 g/mol. The van der Waals surface area contributed by atoms with Gasteiger partial charge in [-0.3, -0.25) is 0 Å². The molecular weight excluding hydrogens is 223 g/mol. The molecule has 1 aromatic carbocycles. The van der Waals surface area contributed by atoms with Gasteiger partial charge in [0.05, 0.1) is 0 Å². The molecule has 2 aromatic rings. The van der Waals surface area contributed by atoms with Crippen LogP contribution < -0.4 is 0 Å². The van der Waals surface area contributed by atoms with Gasteiger partial charge in [0.15, 0.2) is 0 Å². The van der Waals surface area contributed by atoms with Crippen LogP contribution in [0.2, 0.25) is 0 Å². The molecule has 0 unspecified atom stereocenters. The topological polar surface area (TPSA) is 12.9 Å². The zero-order valence-corrected chi connectivity index (χ0v) is 8.27. The molecule has 0 atom stereocenters. The van der Waals surface area contributed by atoms with Crippen LogP contribution >= 0.6 is 11.8 Å². The molecule has 0 aliphatic carbocycles. The molecule has 0 spiro atoms. The third-order valence-corrected chi connectivity index (χ3v) is 2.60. The van der Waals surface area contributed by atoms with Crippen LogP contribution in [-0.4, -0.2) is 10.5 Å². The van der Waals surface area contributed by atoms with Crippen LogP contribution in [0.15, 0.2) is 41.6 Å². The minimum atomic E-state index is -4.29. The second-order valence-corrected chi connectivity index (χ2v) is 3.94. The van der Waals surface area contributed by atoms with Crippen LogP contribution in [0.4, 0.5) is 13.2 Å². The standard InChI is InChI=1S/C10H6F3NS/c11-10(12,13)15-9-8-4-2-1-3-7(8)5-6-14-9/h1-6H. The fraction of sp³-hybridized carbons (Fsp3) is 0.100. The molecule has 0 N–H and O–H groups in total. The number of hydrogen-bond donors (Lipinski definition) is 0. The average Bonchev–Trinajstić information content (AvgIpc) is 2.16. The molecule has 1 aromatic heterocycles. The summed E-state index contributed by atoms with van der Waals surface area (Å²) in [7, 11) is 0. The number of hydrogen-bond acceptors (Lipinski definition) is 2. The summed E-state index contributed by atoms with van der Waals surface area (Å²) >= 11 is -0.181. The van der Waals surface area contributed by atoms with Crippen LogP contribution in [0, 0.1) is 0 Å². The molecule has 0 saturated heterocycles. The van der Waals surface area contributed by atoms with E-state index in [9.17, 15) is 13.2 Å². The second kappa shape index (κ2) is 3.73. The fourth-order valence-corrected chi connectivity index (χ4v) is 1.91. The van der Waals surface area contributed by atoms with Gasteiger partial charge in [-0.25, -0.2) is 4.98 Å². The highest BCUT2D eigenvalue weighted by molar-refractivity contribution is 8.00. The molecule has 0 saturated carbocycles. The molecule has 1 heterocycles. The zero-order valence-electron chi connectivity index (χ0n) is 7.45. The minimum Gasteiger partial charge on any atom is -0.249 e. The van der Waals surface area contributed by atoms with Gasteiger partial charge in [0.2, 0.25) is 0 Å². The predicted molar refractivity (Wildman–Crippen MR) is 53.7 cm³/mol. The molecule has 0 radical (unpaired) electrons. The Morgan fingerprint density at radius 1 is 1.07 bits per heavy atom. The molecule has 0 aliphatic rings. The molecule has 0 fully saturated rings. The van der Waals surface area contributed by atoms with Crippen LogP contribution in [-0.2, 0) is 0 Å². The molecule has 1 nitrogen and oxygen atoms in total. The first-order valence-electron chi connectivity index (χ1n) is 4.16. The number of pyridine rings is 1. The summed E-state index contributed by atoms with van der Waals surface area (Å²) in [4.78, 5) is 3.74. The number of fused-ring (bicyclic) bond motifs is 1. The van der Waals surface area contributed by atoms with Gasteiger partial charge in [0.1, 0.15) is 5.03 Å². The van der Waals surface area contributed by atoms with E-state index in [0.717, 1.165) is 5.39 Å². The summed E-state index contributed by atoms with van der Waals surface area (Å²) < 4.78 is 36.6. The van der Waals surface area contributed by atoms with E-state index in [1.165, 1.54) is 6.20 Å². The lowest BCUT2D eigenvalue weighted by Crippen LogP contribution is -2.00. The van der Waals surface area contributed by atoms with E-state index in [4.69, 9.17) is 0 Å². The lowest BCUT2D eigenvalue weighted by molar-refractivity contribution is -0.0328. The zero-order chi connectivity index (χ0) is 10.9. The number of rotatable bonds is 1. The summed E-state index contributed by atoms with van der Waals surface area (Å²) in [6.45, 7) is 0. The van der Waals surface area contributed by atoms with Crippen LogP contribution in [0.25, 0.3) is 10.8 Å². The number of benzene rings is 1. The van der Waals surface area contributed by atoms with E-state index < -0.39 is 5.51 Å². The average molecular weight is 229 g/mol. The van der Waals surface area contributed by atoms with Gasteiger partial charge in [0.25, 0.3) is 0 Å². The first-order chi connectivity index (χ1) is 7.06. The molecule has 0 bridgehead atoms. The van der Waals surface area contributed by atoms with E-state index in [1.807, 2.05) is 0 Å². The van der Waals surface area contributed by atoms with Crippen molar-refractivity contribution in [3.05, 3.63) is 36.5 Å². The van der Waals surface area contributed by atoms with Gasteiger partial charge in [0, 0.05) is 23.3 Å². The van der Waals surface area contributed by atoms with Crippen molar-refractivity contribution >= 4 is 22.5 Å². The van der Waals surface area contributed by atoms with Gasteiger partial charge in [-0.05, 0) is 11.5 Å². The molecular formula is C10H6F3NS. The summed E-state index contributed by atoms with van der Waals surface area (Å²) in [5, 5.41) is 1.29. The predicted octanol–water partition coefficient (Wildman–Crippen LogP) is 3.85. The Morgan fingerprint density at radius 3 is 2.53 bits per heavy atom. The molecule has 5 heteroatoms. The molecule has 15 heavy (non-hydrogen) atoms. The highest BCUT2D eigenvalue weighted by Gasteiger charge is 2.30. The van der Waals surface area contributed by atoms with Gasteiger partial charge < -0.3 is 0 Å². The summed E-state index contributed by atoms with van der Waals surface area (Å²) in [6.07, 6.45) is 1.39. The largest absolute Gasteiger partial charge is 0.447 e. The number of halogens is 3. The third-order valence-electron chi connectivity index (χ3n) is 1.85. The van der Waals surface area contributed by atoms with Crippen molar-refractivity contribution in [1.29, 1.82) is 0 Å². The fourth-order valence-electron chi connectivity index (χ4n) is 1.28. The molecule has 0 amide bonds. The lowest BCUT2D eigenvalue weighted by Gasteiger charge is -2.07. The number of aromatic nitrogens is 1. The maximum absolute atomic E-state index is 12.2. The number of thioether (sulfide) groups is 1. The van der Waals surface area contributed by atoms with E-state index in [0.29, 0.717) is 5.39 Å². The Bertz CT molecular complexity index is 476. The summed E-state index contributed by atoms with van der Waals surface area (Å²) in [5.41, 5.74) is -4.29. The van der Waals surface area contributed by atoms with Crippen molar-refractivity contribution in [3.8, 4) is 0 Å². The molecule has 0 aliphatic heterocycles. The van der Waals surface area contributed by atoms with Crippen LogP contribution in [0.5, 0.6) is 0 Å². The van der Waals surface area contributed by atoms with Crippen molar-refractivity contribution in [2.45, 2.75) is 10.5 Å². The lowest BCUT2D eigenvalue weighted by atomic mass is 10.2. The third kappa shape index (κ3) is 2.41. The SMILES string of the molecule is FC(F)(F)Sc1nccc2ccccc12. The van der Waals surface area contributed by atoms with E-state index in [2.05, 4.69) is 4.98 Å². The van der Waals surface area contributed by atoms with Crippen molar-refractivity contribution < 1.29 is 13.2 Å². The summed E-state index contributed by atoms with van der Waals surface area (Å²) in [6, 6.07) is 8.57. The van der Waals surface area contributed by atoms with E-state index >= 15 is 0 Å². The van der Waals surface area contributed by atoms with Crippen molar-refractivity contribution in [2.75, 3.05) is 0 Å². The van der Waals surface area contributed by atoms with Crippen LogP contribution in [0.3, 0.4) is 0 Å². The Balaban J connectivity index is 2.52. The number of nitrogens with zero attached hydrogens (tertiary/aromatic N) is 1.